The van der Waals surface area contributed by atoms with Crippen molar-refractivity contribution in [2.75, 3.05) is 0 Å². The maximum Gasteiger partial charge on any atom is 0.166 e. The average Bonchev–Trinajstić information content (AvgIpc) is 2.19. The van der Waals surface area contributed by atoms with E-state index in [1.165, 1.54) is 44.9 Å². The van der Waals surface area contributed by atoms with E-state index in [0.717, 1.165) is 5.11 Å². The minimum atomic E-state index is 0.499. The first-order valence-corrected chi connectivity index (χ1v) is 6.70. The highest BCUT2D eigenvalue weighted by Crippen LogP contribution is 2.17. The van der Waals surface area contributed by atoms with Crippen LogP contribution in [0.1, 0.15) is 58.8 Å². The van der Waals surface area contributed by atoms with E-state index >= 15 is 0 Å². The second kappa shape index (κ2) is 7.04. The molecule has 0 spiro atoms. The number of hydrogen-bond donors (Lipinski definition) is 2. The molecule has 0 bridgehead atoms. The van der Waals surface area contributed by atoms with Gasteiger partial charge in [0.2, 0.25) is 0 Å². The lowest BCUT2D eigenvalue weighted by molar-refractivity contribution is 0.410. The highest BCUT2D eigenvalue weighted by molar-refractivity contribution is 7.80. The summed E-state index contributed by atoms with van der Waals surface area (Å²) in [6.45, 7) is 4.40. The second-order valence-corrected chi connectivity index (χ2v) is 5.05. The molecular formula is C12H24N2S. The van der Waals surface area contributed by atoms with Gasteiger partial charge in [-0.2, -0.15) is 0 Å². The molecule has 1 saturated carbocycles. The fourth-order valence-electron chi connectivity index (χ4n) is 2.20. The molecule has 1 rings (SSSR count). The van der Waals surface area contributed by atoms with Gasteiger partial charge in [-0.25, -0.2) is 0 Å². The third-order valence-corrected chi connectivity index (χ3v) is 3.28. The Morgan fingerprint density at radius 2 is 2.00 bits per heavy atom. The van der Waals surface area contributed by atoms with Gasteiger partial charge in [0, 0.05) is 12.1 Å². The lowest BCUT2D eigenvalue weighted by Gasteiger charge is -2.25. The molecule has 0 saturated heterocycles. The van der Waals surface area contributed by atoms with Crippen LogP contribution in [0.4, 0.5) is 0 Å². The van der Waals surface area contributed by atoms with Gasteiger partial charge in [0.25, 0.3) is 0 Å². The normalized spacial score (nSPS) is 19.6. The standard InChI is InChI=1S/C12H24N2S/c1-3-7-10(2)13-12(15)14-11-8-5-4-6-9-11/h10-11H,3-9H2,1-2H3,(H2,13,14,15). The number of rotatable bonds is 4. The molecule has 0 aliphatic heterocycles. The lowest BCUT2D eigenvalue weighted by atomic mass is 9.96. The van der Waals surface area contributed by atoms with E-state index in [-0.39, 0.29) is 0 Å². The van der Waals surface area contributed by atoms with Crippen LogP contribution in [0.25, 0.3) is 0 Å². The lowest BCUT2D eigenvalue weighted by Crippen LogP contribution is -2.45. The molecule has 0 radical (unpaired) electrons. The summed E-state index contributed by atoms with van der Waals surface area (Å²) in [4.78, 5) is 0. The second-order valence-electron chi connectivity index (χ2n) is 4.64. The molecule has 3 heteroatoms. The Balaban J connectivity index is 2.16. The zero-order chi connectivity index (χ0) is 11.1. The molecule has 15 heavy (non-hydrogen) atoms. The largest absolute Gasteiger partial charge is 0.360 e. The first kappa shape index (κ1) is 12.8. The molecule has 1 unspecified atom stereocenters. The number of thiocarbonyl (C=S) groups is 1. The van der Waals surface area contributed by atoms with Gasteiger partial charge in [0.1, 0.15) is 0 Å². The summed E-state index contributed by atoms with van der Waals surface area (Å²) < 4.78 is 0. The third-order valence-electron chi connectivity index (χ3n) is 3.04. The molecule has 1 fully saturated rings. The first-order valence-electron chi connectivity index (χ1n) is 6.29. The van der Waals surface area contributed by atoms with Crippen LogP contribution in [0.3, 0.4) is 0 Å². The number of hydrogen-bond acceptors (Lipinski definition) is 1. The summed E-state index contributed by atoms with van der Waals surface area (Å²) in [7, 11) is 0. The van der Waals surface area contributed by atoms with Crippen LogP contribution >= 0.6 is 12.2 Å². The SMILES string of the molecule is CCCC(C)NC(=S)NC1CCCCC1. The molecule has 2 N–H and O–H groups in total. The Hall–Kier alpha value is -0.310. The third kappa shape index (κ3) is 5.36. The predicted molar refractivity (Wildman–Crippen MR) is 70.1 cm³/mol. The molecule has 0 heterocycles. The highest BCUT2D eigenvalue weighted by Gasteiger charge is 2.14. The van der Waals surface area contributed by atoms with Gasteiger partial charge in [-0.05, 0) is 38.4 Å². The quantitative estimate of drug-likeness (QED) is 0.723. The molecule has 88 valence electrons. The van der Waals surface area contributed by atoms with E-state index in [1.807, 2.05) is 0 Å². The Kier molecular flexibility index (Phi) is 5.99. The van der Waals surface area contributed by atoms with Crippen LogP contribution in [-0.4, -0.2) is 17.2 Å². The van der Waals surface area contributed by atoms with Gasteiger partial charge < -0.3 is 10.6 Å². The molecule has 1 aliphatic carbocycles. The van der Waals surface area contributed by atoms with Crippen molar-refractivity contribution < 1.29 is 0 Å². The fourth-order valence-corrected chi connectivity index (χ4v) is 2.57. The summed E-state index contributed by atoms with van der Waals surface area (Å²) in [6, 6.07) is 1.12. The fraction of sp³-hybridized carbons (Fsp3) is 0.917. The van der Waals surface area contributed by atoms with E-state index in [0.29, 0.717) is 12.1 Å². The topological polar surface area (TPSA) is 24.1 Å². The zero-order valence-corrected chi connectivity index (χ0v) is 10.8. The van der Waals surface area contributed by atoms with Crippen LogP contribution < -0.4 is 10.6 Å². The molecule has 1 atom stereocenters. The first-order chi connectivity index (χ1) is 7.22. The van der Waals surface area contributed by atoms with E-state index in [4.69, 9.17) is 12.2 Å². The smallest absolute Gasteiger partial charge is 0.166 e. The van der Waals surface area contributed by atoms with Crippen LogP contribution in [0.5, 0.6) is 0 Å². The summed E-state index contributed by atoms with van der Waals surface area (Å²) in [5, 5.41) is 7.63. The van der Waals surface area contributed by atoms with Gasteiger partial charge in [0.05, 0.1) is 0 Å². The Labute approximate surface area is 99.2 Å². The molecule has 0 amide bonds. The van der Waals surface area contributed by atoms with Crippen LogP contribution in [0.2, 0.25) is 0 Å². The van der Waals surface area contributed by atoms with Crippen molar-refractivity contribution in [3.63, 3.8) is 0 Å². The zero-order valence-electron chi connectivity index (χ0n) is 10.0. The Bertz CT molecular complexity index is 188. The maximum absolute atomic E-state index is 5.30. The van der Waals surface area contributed by atoms with Crippen molar-refractivity contribution in [3.05, 3.63) is 0 Å². The van der Waals surface area contributed by atoms with Gasteiger partial charge in [-0.3, -0.25) is 0 Å². The van der Waals surface area contributed by atoms with Crippen molar-refractivity contribution >= 4 is 17.3 Å². The Morgan fingerprint density at radius 3 is 2.60 bits per heavy atom. The highest BCUT2D eigenvalue weighted by atomic mass is 32.1. The summed E-state index contributed by atoms with van der Waals surface area (Å²) in [5.74, 6) is 0. The van der Waals surface area contributed by atoms with Crippen LogP contribution in [-0.2, 0) is 0 Å². The molecular weight excluding hydrogens is 204 g/mol. The monoisotopic (exact) mass is 228 g/mol. The van der Waals surface area contributed by atoms with Crippen LogP contribution in [0, 0.1) is 0 Å². The van der Waals surface area contributed by atoms with E-state index in [1.54, 1.807) is 0 Å². The summed E-state index contributed by atoms with van der Waals surface area (Å²) >= 11 is 5.30. The molecule has 0 aromatic rings. The van der Waals surface area contributed by atoms with Crippen molar-refractivity contribution in [1.82, 2.24) is 10.6 Å². The van der Waals surface area contributed by atoms with Crippen molar-refractivity contribution in [2.45, 2.75) is 70.9 Å². The van der Waals surface area contributed by atoms with Crippen molar-refractivity contribution in [1.29, 1.82) is 0 Å². The van der Waals surface area contributed by atoms with E-state index in [9.17, 15) is 0 Å². The minimum absolute atomic E-state index is 0.499. The number of nitrogens with one attached hydrogen (secondary N) is 2. The van der Waals surface area contributed by atoms with Gasteiger partial charge in [-0.1, -0.05) is 32.6 Å². The van der Waals surface area contributed by atoms with Crippen molar-refractivity contribution in [3.8, 4) is 0 Å². The van der Waals surface area contributed by atoms with E-state index in [2.05, 4.69) is 24.5 Å². The van der Waals surface area contributed by atoms with Gasteiger partial charge in [0.15, 0.2) is 5.11 Å². The maximum atomic E-state index is 5.30. The molecule has 0 aromatic heterocycles. The van der Waals surface area contributed by atoms with Gasteiger partial charge >= 0.3 is 0 Å². The van der Waals surface area contributed by atoms with Gasteiger partial charge in [-0.15, -0.1) is 0 Å². The average molecular weight is 228 g/mol. The summed E-state index contributed by atoms with van der Waals surface area (Å²) in [5.41, 5.74) is 0. The molecule has 0 aromatic carbocycles. The Morgan fingerprint density at radius 1 is 1.33 bits per heavy atom. The van der Waals surface area contributed by atoms with Crippen LogP contribution in [0.15, 0.2) is 0 Å². The summed E-state index contributed by atoms with van der Waals surface area (Å²) in [6.07, 6.45) is 9.06. The van der Waals surface area contributed by atoms with E-state index < -0.39 is 0 Å². The van der Waals surface area contributed by atoms with Crippen molar-refractivity contribution in [2.24, 2.45) is 0 Å². The molecule has 2 nitrogen and oxygen atoms in total. The molecule has 1 aliphatic rings. The minimum Gasteiger partial charge on any atom is -0.360 e. The predicted octanol–water partition coefficient (Wildman–Crippen LogP) is 2.97.